The Morgan fingerprint density at radius 3 is 2.29 bits per heavy atom. The third-order valence-corrected chi connectivity index (χ3v) is 7.36. The van der Waals surface area contributed by atoms with Crippen molar-refractivity contribution in [3.63, 3.8) is 0 Å². The van der Waals surface area contributed by atoms with E-state index < -0.39 is 27.9 Å². The zero-order valence-corrected chi connectivity index (χ0v) is 20.6. The molecule has 3 N–H and O–H groups in total. The standard InChI is InChI=1S/C27H32N2O5S/c1-34-23-12-8-11-22(17-23)19-28-20-26(30)25(18-21-9-4-2-5-10-21)29-27(31)15-16-35(32,33)24-13-6-3-7-14-24/h2-14,17,25-26,28,30H,15-16,18-20H2,1H3,(H,29,31)/t25-,26+/m0/s1. The number of methoxy groups -OCH3 is 1. The van der Waals surface area contributed by atoms with E-state index in [2.05, 4.69) is 10.6 Å². The highest BCUT2D eigenvalue weighted by Gasteiger charge is 2.23. The Bertz CT molecular complexity index is 1170. The fourth-order valence-electron chi connectivity index (χ4n) is 3.69. The van der Waals surface area contributed by atoms with Gasteiger partial charge in [0.05, 0.1) is 29.9 Å². The van der Waals surface area contributed by atoms with Crippen molar-refractivity contribution >= 4 is 15.7 Å². The predicted molar refractivity (Wildman–Crippen MR) is 136 cm³/mol. The normalized spacial score (nSPS) is 13.1. The molecule has 35 heavy (non-hydrogen) atoms. The molecule has 0 bridgehead atoms. The van der Waals surface area contributed by atoms with E-state index in [9.17, 15) is 18.3 Å². The molecule has 8 heteroatoms. The zero-order chi connectivity index (χ0) is 25.1. The lowest BCUT2D eigenvalue weighted by Crippen LogP contribution is -2.48. The summed E-state index contributed by atoms with van der Waals surface area (Å²) < 4.78 is 30.3. The van der Waals surface area contributed by atoms with Crippen LogP contribution in [0.2, 0.25) is 0 Å². The number of aliphatic hydroxyl groups excluding tert-OH is 1. The first-order valence-corrected chi connectivity index (χ1v) is 13.2. The highest BCUT2D eigenvalue weighted by molar-refractivity contribution is 7.91. The summed E-state index contributed by atoms with van der Waals surface area (Å²) in [5.41, 5.74) is 1.97. The molecule has 0 saturated carbocycles. The van der Waals surface area contributed by atoms with Gasteiger partial charge in [0.15, 0.2) is 9.84 Å². The van der Waals surface area contributed by atoms with Crippen LogP contribution in [0.15, 0.2) is 89.8 Å². The van der Waals surface area contributed by atoms with Gasteiger partial charge in [-0.2, -0.15) is 0 Å². The molecule has 0 fully saturated rings. The highest BCUT2D eigenvalue weighted by Crippen LogP contribution is 2.13. The van der Waals surface area contributed by atoms with Crippen LogP contribution in [0, 0.1) is 0 Å². The summed E-state index contributed by atoms with van der Waals surface area (Å²) >= 11 is 0. The van der Waals surface area contributed by atoms with Crippen molar-refractivity contribution in [3.8, 4) is 5.75 Å². The van der Waals surface area contributed by atoms with Crippen molar-refractivity contribution in [2.45, 2.75) is 36.4 Å². The maximum Gasteiger partial charge on any atom is 0.221 e. The van der Waals surface area contributed by atoms with Crippen LogP contribution < -0.4 is 15.4 Å². The molecule has 3 aromatic rings. The maximum absolute atomic E-state index is 12.7. The van der Waals surface area contributed by atoms with Gasteiger partial charge in [-0.25, -0.2) is 8.42 Å². The SMILES string of the molecule is COc1cccc(CNC[C@@H](O)[C@H](Cc2ccccc2)NC(=O)CCS(=O)(=O)c2ccccc2)c1. The summed E-state index contributed by atoms with van der Waals surface area (Å²) in [4.78, 5) is 12.9. The Morgan fingerprint density at radius 2 is 1.60 bits per heavy atom. The number of rotatable bonds is 13. The molecule has 3 aromatic carbocycles. The summed E-state index contributed by atoms with van der Waals surface area (Å²) in [5, 5.41) is 16.9. The molecule has 1 amide bonds. The minimum atomic E-state index is -3.57. The van der Waals surface area contributed by atoms with E-state index >= 15 is 0 Å². The number of amides is 1. The van der Waals surface area contributed by atoms with Crippen molar-refractivity contribution in [1.29, 1.82) is 0 Å². The van der Waals surface area contributed by atoms with Gasteiger partial charge in [0.2, 0.25) is 5.91 Å². The van der Waals surface area contributed by atoms with E-state index in [1.807, 2.05) is 54.6 Å². The third-order valence-electron chi connectivity index (χ3n) is 5.63. The molecule has 0 heterocycles. The van der Waals surface area contributed by atoms with Crippen LogP contribution in [0.4, 0.5) is 0 Å². The van der Waals surface area contributed by atoms with Gasteiger partial charge in [-0.15, -0.1) is 0 Å². The van der Waals surface area contributed by atoms with Crippen molar-refractivity contribution < 1.29 is 23.1 Å². The first kappa shape index (κ1) is 26.4. The van der Waals surface area contributed by atoms with Crippen molar-refractivity contribution in [1.82, 2.24) is 10.6 Å². The summed E-state index contributed by atoms with van der Waals surface area (Å²) in [6.45, 7) is 0.771. The Kier molecular flexibility index (Phi) is 9.84. The Balaban J connectivity index is 1.59. The number of carbonyl (C=O) groups is 1. The summed E-state index contributed by atoms with van der Waals surface area (Å²) in [7, 11) is -1.96. The molecule has 2 atom stereocenters. The summed E-state index contributed by atoms with van der Waals surface area (Å²) in [5.74, 6) is 0.0345. The molecule has 3 rings (SSSR count). The Labute approximate surface area is 207 Å². The lowest BCUT2D eigenvalue weighted by Gasteiger charge is -2.25. The topological polar surface area (TPSA) is 105 Å². The third kappa shape index (κ3) is 8.51. The molecule has 0 aliphatic carbocycles. The molecular weight excluding hydrogens is 464 g/mol. The average molecular weight is 497 g/mol. The van der Waals surface area contributed by atoms with Crippen molar-refractivity contribution in [2.24, 2.45) is 0 Å². The monoisotopic (exact) mass is 496 g/mol. The Morgan fingerprint density at radius 1 is 0.943 bits per heavy atom. The van der Waals surface area contributed by atoms with Crippen molar-refractivity contribution in [2.75, 3.05) is 19.4 Å². The molecule has 0 unspecified atom stereocenters. The van der Waals surface area contributed by atoms with Crippen LogP contribution in [0.5, 0.6) is 5.75 Å². The molecule has 0 saturated heterocycles. The molecule has 0 aromatic heterocycles. The van der Waals surface area contributed by atoms with Crippen molar-refractivity contribution in [3.05, 3.63) is 96.1 Å². The predicted octanol–water partition coefficient (Wildman–Crippen LogP) is 2.74. The van der Waals surface area contributed by atoms with Crippen LogP contribution >= 0.6 is 0 Å². The molecule has 7 nitrogen and oxygen atoms in total. The molecule has 0 radical (unpaired) electrons. The minimum absolute atomic E-state index is 0.188. The van der Waals surface area contributed by atoms with Crippen LogP contribution in [0.3, 0.4) is 0 Å². The fourth-order valence-corrected chi connectivity index (χ4v) is 4.95. The van der Waals surface area contributed by atoms with Gasteiger partial charge >= 0.3 is 0 Å². The second-order valence-electron chi connectivity index (χ2n) is 8.30. The quantitative estimate of drug-likeness (QED) is 0.336. The van der Waals surface area contributed by atoms with Crippen LogP contribution in [0.25, 0.3) is 0 Å². The number of sulfone groups is 1. The summed E-state index contributed by atoms with van der Waals surface area (Å²) in [6.07, 6.45) is -0.651. The van der Waals surface area contributed by atoms with E-state index in [1.54, 1.807) is 25.3 Å². The largest absolute Gasteiger partial charge is 0.497 e. The molecular formula is C27H32N2O5S. The number of carbonyl (C=O) groups excluding carboxylic acids is 1. The first-order valence-electron chi connectivity index (χ1n) is 11.5. The van der Waals surface area contributed by atoms with Gasteiger partial charge < -0.3 is 20.5 Å². The average Bonchev–Trinajstić information content (AvgIpc) is 2.88. The minimum Gasteiger partial charge on any atom is -0.497 e. The zero-order valence-electron chi connectivity index (χ0n) is 19.8. The Hall–Kier alpha value is -3.20. The van der Waals surface area contributed by atoms with E-state index in [-0.39, 0.29) is 23.6 Å². The number of nitrogens with one attached hydrogen (secondary N) is 2. The maximum atomic E-state index is 12.7. The molecule has 0 aliphatic heterocycles. The van der Waals surface area contributed by atoms with Gasteiger partial charge in [0, 0.05) is 19.5 Å². The van der Waals surface area contributed by atoms with Crippen LogP contribution in [0.1, 0.15) is 17.5 Å². The molecule has 0 spiro atoms. The lowest BCUT2D eigenvalue weighted by atomic mass is 10.0. The molecule has 0 aliphatic rings. The molecule has 186 valence electrons. The summed E-state index contributed by atoms with van der Waals surface area (Å²) in [6, 6.07) is 24.7. The van der Waals surface area contributed by atoms with E-state index in [1.165, 1.54) is 12.1 Å². The van der Waals surface area contributed by atoms with Gasteiger partial charge in [-0.3, -0.25) is 4.79 Å². The van der Waals surface area contributed by atoms with Crippen LogP contribution in [-0.2, 0) is 27.6 Å². The second kappa shape index (κ2) is 13.0. The number of hydrogen-bond donors (Lipinski definition) is 3. The van der Waals surface area contributed by atoms with E-state index in [0.717, 1.165) is 16.9 Å². The number of aliphatic hydroxyl groups is 1. The van der Waals surface area contributed by atoms with Gasteiger partial charge in [0.1, 0.15) is 5.75 Å². The number of ether oxygens (including phenoxy) is 1. The van der Waals surface area contributed by atoms with Gasteiger partial charge in [-0.05, 0) is 41.8 Å². The number of benzene rings is 3. The van der Waals surface area contributed by atoms with Crippen LogP contribution in [-0.4, -0.2) is 51.0 Å². The second-order valence-corrected chi connectivity index (χ2v) is 10.4. The van der Waals surface area contributed by atoms with Gasteiger partial charge in [-0.1, -0.05) is 60.7 Å². The highest BCUT2D eigenvalue weighted by atomic mass is 32.2. The van der Waals surface area contributed by atoms with Gasteiger partial charge in [0.25, 0.3) is 0 Å². The smallest absolute Gasteiger partial charge is 0.221 e. The van der Waals surface area contributed by atoms with E-state index in [4.69, 9.17) is 4.74 Å². The fraction of sp³-hybridized carbons (Fsp3) is 0.296. The van der Waals surface area contributed by atoms with E-state index in [0.29, 0.717) is 13.0 Å². The number of hydrogen-bond acceptors (Lipinski definition) is 6. The first-order chi connectivity index (χ1) is 16.9. The lowest BCUT2D eigenvalue weighted by molar-refractivity contribution is -0.122.